The molecule has 0 aromatic heterocycles. The van der Waals surface area contributed by atoms with E-state index in [0.29, 0.717) is 0 Å². The third-order valence-electron chi connectivity index (χ3n) is 2.17. The summed E-state index contributed by atoms with van der Waals surface area (Å²) in [6.07, 6.45) is 3.85. The Hall–Kier alpha value is -1.35. The van der Waals surface area contributed by atoms with Crippen molar-refractivity contribution in [1.82, 2.24) is 0 Å². The van der Waals surface area contributed by atoms with E-state index < -0.39 is 9.76 Å². The summed E-state index contributed by atoms with van der Waals surface area (Å²) in [5.74, 6) is -0.180. The molecule has 0 saturated heterocycles. The van der Waals surface area contributed by atoms with E-state index in [1.165, 1.54) is 17.7 Å². The fourth-order valence-electron chi connectivity index (χ4n) is 1.38. The fourth-order valence-corrected chi connectivity index (χ4v) is 2.45. The lowest BCUT2D eigenvalue weighted by atomic mass is 10.1. The molecule has 0 aliphatic rings. The first-order valence-corrected chi connectivity index (χ1v) is 6.33. The van der Waals surface area contributed by atoms with Gasteiger partial charge in [-0.1, -0.05) is 30.3 Å². The molecule has 1 aromatic carbocycles. The Labute approximate surface area is 92.9 Å². The van der Waals surface area contributed by atoms with Gasteiger partial charge < -0.3 is 4.43 Å². The molecule has 0 bridgehead atoms. The maximum atomic E-state index is 10.7. The van der Waals surface area contributed by atoms with Gasteiger partial charge in [0.1, 0.15) is 0 Å². The second kappa shape index (κ2) is 6.19. The number of rotatable bonds is 5. The Balaban J connectivity index is 2.67. The Morgan fingerprint density at radius 2 is 2.27 bits per heavy atom. The van der Waals surface area contributed by atoms with Crippen LogP contribution < -0.4 is 5.19 Å². The third kappa shape index (κ3) is 4.12. The predicted octanol–water partition coefficient (Wildman–Crippen LogP) is 1.08. The summed E-state index contributed by atoms with van der Waals surface area (Å²) in [5.41, 5.74) is 1.28. The van der Waals surface area contributed by atoms with Crippen molar-refractivity contribution >= 4 is 20.9 Å². The third-order valence-corrected chi connectivity index (χ3v) is 3.72. The Morgan fingerprint density at radius 1 is 1.53 bits per heavy atom. The van der Waals surface area contributed by atoms with Crippen LogP contribution in [0.15, 0.2) is 36.9 Å². The van der Waals surface area contributed by atoms with Crippen LogP contribution in [0.3, 0.4) is 0 Å². The second-order valence-electron chi connectivity index (χ2n) is 3.38. The average molecular weight is 220 g/mol. The quantitative estimate of drug-likeness (QED) is 0.548. The smallest absolute Gasteiger partial charge is 0.289 e. The monoisotopic (exact) mass is 220 g/mol. The Morgan fingerprint density at radius 3 is 2.93 bits per heavy atom. The summed E-state index contributed by atoms with van der Waals surface area (Å²) < 4.78 is 5.12. The van der Waals surface area contributed by atoms with Gasteiger partial charge in [0.25, 0.3) is 15.7 Å². The van der Waals surface area contributed by atoms with E-state index in [2.05, 4.69) is 12.6 Å². The van der Waals surface area contributed by atoms with Crippen LogP contribution in [0.1, 0.15) is 18.9 Å². The lowest BCUT2D eigenvalue weighted by Crippen LogP contribution is -2.23. The highest BCUT2D eigenvalue weighted by Crippen LogP contribution is 2.00. The summed E-state index contributed by atoms with van der Waals surface area (Å²) in [6.45, 7) is 5.16. The fraction of sp³-hybridized carbons (Fsp3) is 0.250. The van der Waals surface area contributed by atoms with Gasteiger partial charge in [0.05, 0.1) is 0 Å². The van der Waals surface area contributed by atoms with Crippen molar-refractivity contribution in [1.29, 1.82) is 0 Å². The number of carbonyl (C=O) groups excluding carboxylic acids is 1. The summed E-state index contributed by atoms with van der Waals surface area (Å²) in [5, 5.41) is 1.22. The van der Waals surface area contributed by atoms with E-state index in [4.69, 9.17) is 4.43 Å². The highest BCUT2D eigenvalue weighted by molar-refractivity contribution is 6.49. The molecule has 0 spiro atoms. The molecule has 0 atom stereocenters. The van der Waals surface area contributed by atoms with Crippen LogP contribution in [0.25, 0.3) is 0 Å². The number of aryl methyl sites for hydroxylation is 1. The number of allylic oxidation sites excluding steroid dienone is 1. The standard InChI is InChI=1S/C12H16O2Si/c1-3-4-7-11-8-5-6-9-12(11)15-14-10(2)13/h3,5-6,8-9H,1,4,7,15H2,2H3. The number of hydrogen-bond acceptors (Lipinski definition) is 2. The molecule has 0 aliphatic carbocycles. The van der Waals surface area contributed by atoms with Crippen LogP contribution in [-0.2, 0) is 15.6 Å². The number of carbonyl (C=O) groups is 1. The van der Waals surface area contributed by atoms with Crippen LogP contribution >= 0.6 is 0 Å². The van der Waals surface area contributed by atoms with E-state index >= 15 is 0 Å². The van der Waals surface area contributed by atoms with E-state index in [-0.39, 0.29) is 5.97 Å². The molecule has 1 aromatic rings. The van der Waals surface area contributed by atoms with Gasteiger partial charge in [0.15, 0.2) is 0 Å². The first-order chi connectivity index (χ1) is 7.24. The molecule has 15 heavy (non-hydrogen) atoms. The van der Waals surface area contributed by atoms with Crippen molar-refractivity contribution < 1.29 is 9.22 Å². The zero-order valence-electron chi connectivity index (χ0n) is 9.03. The molecule has 2 nitrogen and oxygen atoms in total. The summed E-state index contributed by atoms with van der Waals surface area (Å²) in [7, 11) is -0.900. The van der Waals surface area contributed by atoms with Crippen LogP contribution in [0.2, 0.25) is 0 Å². The molecule has 0 heterocycles. The van der Waals surface area contributed by atoms with Gasteiger partial charge in [0.2, 0.25) is 0 Å². The van der Waals surface area contributed by atoms with Crippen LogP contribution in [0.5, 0.6) is 0 Å². The molecule has 0 N–H and O–H groups in total. The molecular formula is C12H16O2Si. The summed E-state index contributed by atoms with van der Waals surface area (Å²) in [6, 6.07) is 8.15. The summed E-state index contributed by atoms with van der Waals surface area (Å²) >= 11 is 0. The van der Waals surface area contributed by atoms with Gasteiger partial charge in [-0.3, -0.25) is 4.79 Å². The normalized spacial score (nSPS) is 10.5. The predicted molar refractivity (Wildman–Crippen MR) is 64.9 cm³/mol. The van der Waals surface area contributed by atoms with Gasteiger partial charge in [-0.2, -0.15) is 0 Å². The van der Waals surface area contributed by atoms with Crippen molar-refractivity contribution in [3.8, 4) is 0 Å². The molecular weight excluding hydrogens is 204 g/mol. The molecule has 0 radical (unpaired) electrons. The molecule has 3 heteroatoms. The van der Waals surface area contributed by atoms with Crippen LogP contribution in [-0.4, -0.2) is 15.7 Å². The number of benzene rings is 1. The molecule has 0 fully saturated rings. The number of hydrogen-bond donors (Lipinski definition) is 0. The maximum Gasteiger partial charge on any atom is 0.289 e. The van der Waals surface area contributed by atoms with Crippen molar-refractivity contribution in [3.05, 3.63) is 42.5 Å². The zero-order valence-corrected chi connectivity index (χ0v) is 10.4. The van der Waals surface area contributed by atoms with Crippen molar-refractivity contribution in [2.45, 2.75) is 19.8 Å². The van der Waals surface area contributed by atoms with Gasteiger partial charge in [-0.25, -0.2) is 0 Å². The van der Waals surface area contributed by atoms with Gasteiger partial charge >= 0.3 is 0 Å². The first-order valence-electron chi connectivity index (χ1n) is 5.05. The van der Waals surface area contributed by atoms with Crippen LogP contribution in [0, 0.1) is 0 Å². The molecule has 1 rings (SSSR count). The zero-order chi connectivity index (χ0) is 11.1. The van der Waals surface area contributed by atoms with E-state index in [1.54, 1.807) is 0 Å². The van der Waals surface area contributed by atoms with Gasteiger partial charge in [-0.15, -0.1) is 6.58 Å². The second-order valence-corrected chi connectivity index (χ2v) is 4.72. The topological polar surface area (TPSA) is 26.3 Å². The highest BCUT2D eigenvalue weighted by atomic mass is 28.2. The SMILES string of the molecule is C=CCCc1ccccc1[SiH2]OC(C)=O. The first kappa shape index (κ1) is 11.7. The lowest BCUT2D eigenvalue weighted by molar-refractivity contribution is -0.131. The molecule has 0 saturated carbocycles. The minimum Gasteiger partial charge on any atom is -0.521 e. The molecule has 0 amide bonds. The molecule has 80 valence electrons. The summed E-state index contributed by atoms with van der Waals surface area (Å²) in [4.78, 5) is 10.7. The van der Waals surface area contributed by atoms with E-state index in [1.807, 2.05) is 24.3 Å². The molecule has 0 unspecified atom stereocenters. The van der Waals surface area contributed by atoms with Crippen LogP contribution in [0.4, 0.5) is 0 Å². The highest BCUT2D eigenvalue weighted by Gasteiger charge is 2.03. The van der Waals surface area contributed by atoms with Crippen molar-refractivity contribution in [2.75, 3.05) is 0 Å². The van der Waals surface area contributed by atoms with Gasteiger partial charge in [-0.05, 0) is 23.6 Å². The van der Waals surface area contributed by atoms with Crippen molar-refractivity contribution in [2.24, 2.45) is 0 Å². The minimum atomic E-state index is -0.900. The Bertz CT molecular complexity index is 347. The lowest BCUT2D eigenvalue weighted by Gasteiger charge is -2.07. The van der Waals surface area contributed by atoms with E-state index in [0.717, 1.165) is 12.8 Å². The Kier molecular flexibility index (Phi) is 4.84. The molecule has 0 aliphatic heterocycles. The van der Waals surface area contributed by atoms with Crippen molar-refractivity contribution in [3.63, 3.8) is 0 Å². The van der Waals surface area contributed by atoms with E-state index in [9.17, 15) is 4.79 Å². The minimum absolute atomic E-state index is 0.180. The maximum absolute atomic E-state index is 10.7. The van der Waals surface area contributed by atoms with Gasteiger partial charge in [0, 0.05) is 6.92 Å². The largest absolute Gasteiger partial charge is 0.521 e. The average Bonchev–Trinajstić information content (AvgIpc) is 2.24.